The lowest BCUT2D eigenvalue weighted by Gasteiger charge is -2.34. The highest BCUT2D eigenvalue weighted by Crippen LogP contribution is 2.23. The summed E-state index contributed by atoms with van der Waals surface area (Å²) in [4.78, 5) is 0. The number of rotatable bonds is 7. The van der Waals surface area contributed by atoms with Crippen LogP contribution in [0.3, 0.4) is 0 Å². The fourth-order valence-electron chi connectivity index (χ4n) is 2.65. The Kier molecular flexibility index (Phi) is 5.03. The van der Waals surface area contributed by atoms with Crippen LogP contribution < -0.4 is 0 Å². The van der Waals surface area contributed by atoms with Gasteiger partial charge in [-0.3, -0.25) is 0 Å². The molecule has 0 aliphatic carbocycles. The van der Waals surface area contributed by atoms with Crippen LogP contribution in [-0.4, -0.2) is 18.8 Å². The average molecular weight is 282 g/mol. The van der Waals surface area contributed by atoms with E-state index in [1.54, 1.807) is 0 Å². The van der Waals surface area contributed by atoms with Gasteiger partial charge in [-0.2, -0.15) is 0 Å². The monoisotopic (exact) mass is 282 g/mol. The molecule has 2 aromatic rings. The fourth-order valence-corrected chi connectivity index (χ4v) is 2.65. The molecule has 2 nitrogen and oxygen atoms in total. The summed E-state index contributed by atoms with van der Waals surface area (Å²) in [5, 5.41) is 0. The van der Waals surface area contributed by atoms with Crippen molar-refractivity contribution < 1.29 is 9.47 Å². The van der Waals surface area contributed by atoms with Crippen LogP contribution in [0.25, 0.3) is 0 Å². The summed E-state index contributed by atoms with van der Waals surface area (Å²) in [6, 6.07) is 20.9. The van der Waals surface area contributed by atoms with Gasteiger partial charge in [0.2, 0.25) is 0 Å². The fraction of sp³-hybridized carbons (Fsp3) is 0.368. The summed E-state index contributed by atoms with van der Waals surface area (Å²) >= 11 is 0. The Morgan fingerprint density at radius 2 is 1.57 bits per heavy atom. The van der Waals surface area contributed by atoms with Gasteiger partial charge >= 0.3 is 0 Å². The van der Waals surface area contributed by atoms with Gasteiger partial charge in [-0.25, -0.2) is 0 Å². The SMILES string of the molecule is c1ccc(CC[C@H](OCc2ccccc2)[C@@H]2CCO2)cc1. The molecular formula is C19H22O2. The first-order chi connectivity index (χ1) is 10.4. The Bertz CT molecular complexity index is 476. The number of hydrogen-bond acceptors (Lipinski definition) is 2. The molecule has 1 heterocycles. The van der Waals surface area contributed by atoms with Gasteiger partial charge in [0.05, 0.1) is 18.8 Å². The van der Waals surface area contributed by atoms with Crippen molar-refractivity contribution in [3.05, 3.63) is 71.8 Å². The summed E-state index contributed by atoms with van der Waals surface area (Å²) in [6.07, 6.45) is 3.65. The zero-order chi connectivity index (χ0) is 14.3. The molecule has 1 aliphatic rings. The highest BCUT2D eigenvalue weighted by molar-refractivity contribution is 5.15. The van der Waals surface area contributed by atoms with Crippen LogP contribution in [0.5, 0.6) is 0 Å². The van der Waals surface area contributed by atoms with Crippen molar-refractivity contribution in [1.29, 1.82) is 0 Å². The van der Waals surface area contributed by atoms with Gasteiger partial charge in [0.15, 0.2) is 0 Å². The minimum absolute atomic E-state index is 0.194. The molecular weight excluding hydrogens is 260 g/mol. The van der Waals surface area contributed by atoms with Gasteiger partial charge in [0, 0.05) is 6.61 Å². The molecule has 0 amide bonds. The van der Waals surface area contributed by atoms with Gasteiger partial charge in [-0.1, -0.05) is 60.7 Å². The first kappa shape index (κ1) is 14.3. The molecule has 0 saturated carbocycles. The molecule has 0 spiro atoms. The molecule has 3 rings (SSSR count). The third-order valence-electron chi connectivity index (χ3n) is 4.02. The van der Waals surface area contributed by atoms with E-state index in [2.05, 4.69) is 54.6 Å². The average Bonchev–Trinajstić information content (AvgIpc) is 2.50. The van der Waals surface area contributed by atoms with Crippen LogP contribution in [0, 0.1) is 0 Å². The van der Waals surface area contributed by atoms with E-state index in [-0.39, 0.29) is 12.2 Å². The van der Waals surface area contributed by atoms with Gasteiger partial charge in [0.25, 0.3) is 0 Å². The maximum atomic E-state index is 6.13. The Hall–Kier alpha value is -1.64. The highest BCUT2D eigenvalue weighted by Gasteiger charge is 2.28. The van der Waals surface area contributed by atoms with E-state index in [1.165, 1.54) is 11.1 Å². The number of hydrogen-bond donors (Lipinski definition) is 0. The zero-order valence-corrected chi connectivity index (χ0v) is 12.3. The number of benzene rings is 2. The first-order valence-corrected chi connectivity index (χ1v) is 7.73. The van der Waals surface area contributed by atoms with E-state index in [4.69, 9.17) is 9.47 Å². The van der Waals surface area contributed by atoms with Crippen LogP contribution >= 0.6 is 0 Å². The van der Waals surface area contributed by atoms with Gasteiger partial charge < -0.3 is 9.47 Å². The van der Waals surface area contributed by atoms with Crippen molar-refractivity contribution in [3.8, 4) is 0 Å². The maximum Gasteiger partial charge on any atom is 0.0858 e. The molecule has 2 atom stereocenters. The maximum absolute atomic E-state index is 6.13. The predicted molar refractivity (Wildman–Crippen MR) is 84.1 cm³/mol. The normalized spacial score (nSPS) is 19.0. The van der Waals surface area contributed by atoms with E-state index in [0.717, 1.165) is 25.9 Å². The van der Waals surface area contributed by atoms with Crippen LogP contribution in [-0.2, 0) is 22.5 Å². The molecule has 1 fully saturated rings. The molecule has 2 heteroatoms. The second-order valence-electron chi connectivity index (χ2n) is 5.56. The van der Waals surface area contributed by atoms with Gasteiger partial charge in [-0.05, 0) is 30.4 Å². The minimum atomic E-state index is 0.194. The molecule has 0 aromatic heterocycles. The summed E-state index contributed by atoms with van der Waals surface area (Å²) < 4.78 is 11.8. The summed E-state index contributed by atoms with van der Waals surface area (Å²) in [7, 11) is 0. The van der Waals surface area contributed by atoms with Crippen LogP contribution in [0.4, 0.5) is 0 Å². The number of ether oxygens (including phenoxy) is 2. The second-order valence-corrected chi connectivity index (χ2v) is 5.56. The summed E-state index contributed by atoms with van der Waals surface area (Å²) in [5.41, 5.74) is 2.59. The highest BCUT2D eigenvalue weighted by atomic mass is 16.6. The molecule has 0 N–H and O–H groups in total. The third-order valence-corrected chi connectivity index (χ3v) is 4.02. The van der Waals surface area contributed by atoms with Gasteiger partial charge in [0.1, 0.15) is 0 Å². The zero-order valence-electron chi connectivity index (χ0n) is 12.3. The topological polar surface area (TPSA) is 18.5 Å². The molecule has 0 radical (unpaired) electrons. The summed E-state index contributed by atoms with van der Waals surface area (Å²) in [6.45, 7) is 1.54. The lowest BCUT2D eigenvalue weighted by molar-refractivity contribution is -0.143. The smallest absolute Gasteiger partial charge is 0.0858 e. The van der Waals surface area contributed by atoms with Crippen LogP contribution in [0.2, 0.25) is 0 Å². The van der Waals surface area contributed by atoms with E-state index in [9.17, 15) is 0 Å². The van der Waals surface area contributed by atoms with Crippen molar-refractivity contribution >= 4 is 0 Å². The summed E-state index contributed by atoms with van der Waals surface area (Å²) in [5.74, 6) is 0. The molecule has 110 valence electrons. The van der Waals surface area contributed by atoms with Crippen molar-refractivity contribution in [2.45, 2.75) is 38.1 Å². The molecule has 1 aliphatic heterocycles. The Morgan fingerprint density at radius 3 is 2.14 bits per heavy atom. The molecule has 0 unspecified atom stereocenters. The molecule has 21 heavy (non-hydrogen) atoms. The first-order valence-electron chi connectivity index (χ1n) is 7.73. The molecule has 1 saturated heterocycles. The largest absolute Gasteiger partial charge is 0.375 e. The van der Waals surface area contributed by atoms with Crippen molar-refractivity contribution in [1.82, 2.24) is 0 Å². The van der Waals surface area contributed by atoms with Crippen LogP contribution in [0.15, 0.2) is 60.7 Å². The quantitative estimate of drug-likeness (QED) is 0.764. The van der Waals surface area contributed by atoms with E-state index in [0.29, 0.717) is 6.61 Å². The van der Waals surface area contributed by atoms with Crippen LogP contribution in [0.1, 0.15) is 24.0 Å². The van der Waals surface area contributed by atoms with E-state index in [1.807, 2.05) is 6.07 Å². The minimum Gasteiger partial charge on any atom is -0.375 e. The Labute approximate surface area is 126 Å². The second kappa shape index (κ2) is 7.39. The molecule has 2 aromatic carbocycles. The van der Waals surface area contributed by atoms with E-state index < -0.39 is 0 Å². The molecule has 0 bridgehead atoms. The third kappa shape index (κ3) is 4.16. The van der Waals surface area contributed by atoms with Crippen molar-refractivity contribution in [3.63, 3.8) is 0 Å². The lowest BCUT2D eigenvalue weighted by atomic mass is 9.99. The standard InChI is InChI=1S/C19H22O2/c1-3-7-16(8-4-1)11-12-18(19-13-14-20-19)21-15-17-9-5-2-6-10-17/h1-10,18-19H,11-15H2/t18-,19-/m0/s1. The van der Waals surface area contributed by atoms with Crippen molar-refractivity contribution in [2.24, 2.45) is 0 Å². The lowest BCUT2D eigenvalue weighted by Crippen LogP contribution is -2.40. The van der Waals surface area contributed by atoms with Crippen molar-refractivity contribution in [2.75, 3.05) is 6.61 Å². The van der Waals surface area contributed by atoms with Gasteiger partial charge in [-0.15, -0.1) is 0 Å². The Morgan fingerprint density at radius 1 is 0.952 bits per heavy atom. The number of aryl methyl sites for hydroxylation is 1. The Balaban J connectivity index is 1.54. The predicted octanol–water partition coefficient (Wildman–Crippen LogP) is 3.99. The van der Waals surface area contributed by atoms with E-state index >= 15 is 0 Å².